The average Bonchev–Trinajstić information content (AvgIpc) is 2.88. The molecule has 0 spiro atoms. The lowest BCUT2D eigenvalue weighted by Gasteiger charge is -2.16. The number of nitrogens with two attached hydrogens (primary N) is 1. The number of aliphatic hydroxyl groups is 1. The molecule has 1 atom stereocenters. The van der Waals surface area contributed by atoms with Gasteiger partial charge in [0.15, 0.2) is 0 Å². The van der Waals surface area contributed by atoms with Crippen molar-refractivity contribution in [1.82, 2.24) is 4.90 Å². The largest absolute Gasteiger partial charge is 0.493 e. The lowest BCUT2D eigenvalue weighted by molar-refractivity contribution is -0.130. The molecule has 1 aromatic rings. The molecule has 1 amide bonds. The first-order valence-electron chi connectivity index (χ1n) is 7.06. The van der Waals surface area contributed by atoms with Crippen LogP contribution >= 0.6 is 0 Å². The van der Waals surface area contributed by atoms with Crippen molar-refractivity contribution >= 4 is 11.6 Å². The number of anilines is 1. The summed E-state index contributed by atoms with van der Waals surface area (Å²) < 4.78 is 5.52. The molecule has 0 bridgehead atoms. The Morgan fingerprint density at radius 1 is 1.50 bits per heavy atom. The smallest absolute Gasteiger partial charge is 0.226 e. The van der Waals surface area contributed by atoms with Crippen molar-refractivity contribution in [2.75, 3.05) is 32.0 Å². The van der Waals surface area contributed by atoms with Crippen LogP contribution in [-0.2, 0) is 4.79 Å². The second kappa shape index (κ2) is 7.14. The minimum Gasteiger partial charge on any atom is -0.493 e. The second-order valence-electron chi connectivity index (χ2n) is 5.18. The van der Waals surface area contributed by atoms with Crippen LogP contribution in [0, 0.1) is 5.92 Å². The standard InChI is InChI=1S/C15H22N2O3/c16-13-2-1-3-14(10-13)20-9-6-15(19)17-7-4-12(11-17)5-8-18/h1-3,10,12,18H,4-9,11,16H2. The van der Waals surface area contributed by atoms with Gasteiger partial charge in [0.2, 0.25) is 5.91 Å². The molecule has 0 aliphatic carbocycles. The highest BCUT2D eigenvalue weighted by Crippen LogP contribution is 2.20. The quantitative estimate of drug-likeness (QED) is 0.768. The molecular weight excluding hydrogens is 256 g/mol. The Balaban J connectivity index is 1.70. The van der Waals surface area contributed by atoms with Crippen LogP contribution < -0.4 is 10.5 Å². The number of nitrogens with zero attached hydrogens (tertiary/aromatic N) is 1. The van der Waals surface area contributed by atoms with Crippen molar-refractivity contribution in [2.45, 2.75) is 19.3 Å². The maximum atomic E-state index is 12.0. The van der Waals surface area contributed by atoms with Gasteiger partial charge in [-0.15, -0.1) is 0 Å². The molecule has 3 N–H and O–H groups in total. The number of amides is 1. The van der Waals surface area contributed by atoms with Crippen molar-refractivity contribution in [1.29, 1.82) is 0 Å². The zero-order valence-electron chi connectivity index (χ0n) is 11.6. The zero-order chi connectivity index (χ0) is 14.4. The van der Waals surface area contributed by atoms with Crippen molar-refractivity contribution in [3.05, 3.63) is 24.3 Å². The molecular formula is C15H22N2O3. The number of ether oxygens (including phenoxy) is 1. The van der Waals surface area contributed by atoms with Gasteiger partial charge in [0.1, 0.15) is 5.75 Å². The maximum Gasteiger partial charge on any atom is 0.226 e. The molecule has 0 aromatic heterocycles. The number of carbonyl (C=O) groups is 1. The van der Waals surface area contributed by atoms with E-state index >= 15 is 0 Å². The summed E-state index contributed by atoms with van der Waals surface area (Å²) in [5.74, 6) is 1.26. The first-order chi connectivity index (χ1) is 9.69. The molecule has 0 saturated carbocycles. The van der Waals surface area contributed by atoms with Gasteiger partial charge in [-0.05, 0) is 30.9 Å². The van der Waals surface area contributed by atoms with Crippen LogP contribution in [0.15, 0.2) is 24.3 Å². The first kappa shape index (κ1) is 14.7. The number of hydrogen-bond donors (Lipinski definition) is 2. The predicted molar refractivity (Wildman–Crippen MR) is 77.4 cm³/mol. The maximum absolute atomic E-state index is 12.0. The molecule has 0 radical (unpaired) electrons. The lowest BCUT2D eigenvalue weighted by Crippen LogP contribution is -2.29. The number of aliphatic hydroxyl groups excluding tert-OH is 1. The molecule has 1 saturated heterocycles. The average molecular weight is 278 g/mol. The molecule has 1 unspecified atom stereocenters. The number of carbonyl (C=O) groups excluding carboxylic acids is 1. The Bertz CT molecular complexity index is 450. The fraction of sp³-hybridized carbons (Fsp3) is 0.533. The normalized spacial score (nSPS) is 18.2. The Morgan fingerprint density at radius 3 is 3.10 bits per heavy atom. The minimum absolute atomic E-state index is 0.120. The lowest BCUT2D eigenvalue weighted by atomic mass is 10.1. The van der Waals surface area contributed by atoms with Crippen LogP contribution in [0.25, 0.3) is 0 Å². The zero-order valence-corrected chi connectivity index (χ0v) is 11.6. The topological polar surface area (TPSA) is 75.8 Å². The summed E-state index contributed by atoms with van der Waals surface area (Å²) >= 11 is 0. The molecule has 110 valence electrons. The van der Waals surface area contributed by atoms with Gasteiger partial charge in [0, 0.05) is 31.5 Å². The SMILES string of the molecule is Nc1cccc(OCCC(=O)N2CCC(CCO)C2)c1. The van der Waals surface area contributed by atoms with E-state index in [1.165, 1.54) is 0 Å². The highest BCUT2D eigenvalue weighted by atomic mass is 16.5. The molecule has 1 aliphatic rings. The highest BCUT2D eigenvalue weighted by molar-refractivity contribution is 5.76. The van der Waals surface area contributed by atoms with E-state index in [1.54, 1.807) is 12.1 Å². The molecule has 1 aliphatic heterocycles. The Kier molecular flexibility index (Phi) is 5.24. The van der Waals surface area contributed by atoms with Gasteiger partial charge in [-0.2, -0.15) is 0 Å². The molecule has 1 heterocycles. The number of benzene rings is 1. The van der Waals surface area contributed by atoms with Crippen molar-refractivity contribution in [2.24, 2.45) is 5.92 Å². The van der Waals surface area contributed by atoms with E-state index in [0.29, 0.717) is 30.4 Å². The number of likely N-dealkylation sites (tertiary alicyclic amines) is 1. The van der Waals surface area contributed by atoms with Gasteiger partial charge in [0.25, 0.3) is 0 Å². The Labute approximate surface area is 119 Å². The van der Waals surface area contributed by atoms with E-state index < -0.39 is 0 Å². The van der Waals surface area contributed by atoms with Gasteiger partial charge < -0.3 is 20.5 Å². The number of rotatable bonds is 6. The molecule has 2 rings (SSSR count). The Morgan fingerprint density at radius 2 is 2.35 bits per heavy atom. The van der Waals surface area contributed by atoms with Gasteiger partial charge in [-0.3, -0.25) is 4.79 Å². The van der Waals surface area contributed by atoms with Crippen molar-refractivity contribution in [3.8, 4) is 5.75 Å². The molecule has 1 fully saturated rings. The third-order valence-electron chi connectivity index (χ3n) is 3.62. The second-order valence-corrected chi connectivity index (χ2v) is 5.18. The van der Waals surface area contributed by atoms with Crippen LogP contribution in [0.1, 0.15) is 19.3 Å². The number of nitrogen functional groups attached to an aromatic ring is 1. The van der Waals surface area contributed by atoms with Gasteiger partial charge >= 0.3 is 0 Å². The third kappa shape index (κ3) is 4.13. The molecule has 20 heavy (non-hydrogen) atoms. The van der Waals surface area contributed by atoms with Crippen LogP contribution in [0.4, 0.5) is 5.69 Å². The Hall–Kier alpha value is -1.75. The monoisotopic (exact) mass is 278 g/mol. The molecule has 1 aromatic carbocycles. The van der Waals surface area contributed by atoms with E-state index in [0.717, 1.165) is 25.9 Å². The van der Waals surface area contributed by atoms with Gasteiger partial charge in [-0.25, -0.2) is 0 Å². The van der Waals surface area contributed by atoms with Crippen molar-refractivity contribution in [3.63, 3.8) is 0 Å². The first-order valence-corrected chi connectivity index (χ1v) is 7.06. The van der Waals surface area contributed by atoms with Crippen LogP contribution in [0.3, 0.4) is 0 Å². The summed E-state index contributed by atoms with van der Waals surface area (Å²) in [6, 6.07) is 7.20. The number of hydrogen-bond acceptors (Lipinski definition) is 4. The van der Waals surface area contributed by atoms with E-state index in [2.05, 4.69) is 0 Å². The highest BCUT2D eigenvalue weighted by Gasteiger charge is 2.25. The summed E-state index contributed by atoms with van der Waals surface area (Å²) in [7, 11) is 0. The third-order valence-corrected chi connectivity index (χ3v) is 3.62. The molecule has 5 nitrogen and oxygen atoms in total. The van der Waals surface area contributed by atoms with Gasteiger partial charge in [-0.1, -0.05) is 6.07 Å². The van der Waals surface area contributed by atoms with Crippen LogP contribution in [0.2, 0.25) is 0 Å². The fourth-order valence-corrected chi connectivity index (χ4v) is 2.50. The van der Waals surface area contributed by atoms with E-state index in [9.17, 15) is 4.79 Å². The minimum atomic E-state index is 0.120. The fourth-order valence-electron chi connectivity index (χ4n) is 2.50. The van der Waals surface area contributed by atoms with Crippen LogP contribution in [0.5, 0.6) is 5.75 Å². The van der Waals surface area contributed by atoms with Gasteiger partial charge in [0.05, 0.1) is 13.0 Å². The summed E-state index contributed by atoms with van der Waals surface area (Å²) in [6.07, 6.45) is 2.15. The summed E-state index contributed by atoms with van der Waals surface area (Å²) in [5, 5.41) is 8.91. The summed E-state index contributed by atoms with van der Waals surface area (Å²) in [4.78, 5) is 13.9. The van der Waals surface area contributed by atoms with E-state index in [1.807, 2.05) is 17.0 Å². The summed E-state index contributed by atoms with van der Waals surface area (Å²) in [5.41, 5.74) is 6.31. The molecule has 5 heteroatoms. The van der Waals surface area contributed by atoms with Crippen LogP contribution in [-0.4, -0.2) is 42.2 Å². The summed E-state index contributed by atoms with van der Waals surface area (Å²) in [6.45, 7) is 2.12. The van der Waals surface area contributed by atoms with E-state index in [4.69, 9.17) is 15.6 Å². The predicted octanol–water partition coefficient (Wildman–Crippen LogP) is 1.27. The van der Waals surface area contributed by atoms with E-state index in [-0.39, 0.29) is 12.5 Å². The van der Waals surface area contributed by atoms with Crippen molar-refractivity contribution < 1.29 is 14.6 Å².